The van der Waals surface area contributed by atoms with Gasteiger partial charge in [-0.15, -0.1) is 0 Å². The molecule has 2 aliphatic carbocycles. The van der Waals surface area contributed by atoms with Gasteiger partial charge in [-0.3, -0.25) is 0 Å². The Kier molecular flexibility index (Phi) is 4.11. The Morgan fingerprint density at radius 3 is 2.27 bits per heavy atom. The van der Waals surface area contributed by atoms with Crippen LogP contribution in [0.15, 0.2) is 0 Å². The van der Waals surface area contributed by atoms with Gasteiger partial charge in [0.1, 0.15) is 0 Å². The minimum absolute atomic E-state index is 1.02. The predicted molar refractivity (Wildman–Crippen MR) is 66.9 cm³/mol. The number of hydrogen-bond donors (Lipinski definition) is 0. The van der Waals surface area contributed by atoms with Crippen molar-refractivity contribution >= 4 is 0 Å². The molecule has 0 heteroatoms. The SMILES string of the molecule is CCC1CCCC(C2CCCCC2)C1C. The van der Waals surface area contributed by atoms with E-state index in [2.05, 4.69) is 13.8 Å². The van der Waals surface area contributed by atoms with Crippen LogP contribution in [0.4, 0.5) is 0 Å². The summed E-state index contributed by atoms with van der Waals surface area (Å²) >= 11 is 0. The first kappa shape index (κ1) is 11.5. The van der Waals surface area contributed by atoms with Gasteiger partial charge < -0.3 is 0 Å². The molecule has 2 aliphatic rings. The summed E-state index contributed by atoms with van der Waals surface area (Å²) in [6.45, 7) is 4.94. The molecular weight excluding hydrogens is 180 g/mol. The maximum Gasteiger partial charge on any atom is -0.0357 e. The Labute approximate surface area is 95.8 Å². The van der Waals surface area contributed by atoms with Crippen LogP contribution in [0, 0.1) is 23.7 Å². The van der Waals surface area contributed by atoms with Crippen LogP contribution in [-0.2, 0) is 0 Å². The summed E-state index contributed by atoms with van der Waals surface area (Å²) in [5.74, 6) is 4.25. The minimum atomic E-state index is 1.02. The van der Waals surface area contributed by atoms with Gasteiger partial charge in [0, 0.05) is 0 Å². The third-order valence-electron chi connectivity index (χ3n) is 5.31. The molecule has 3 atom stereocenters. The first-order valence-corrected chi connectivity index (χ1v) is 7.33. The fourth-order valence-corrected chi connectivity index (χ4v) is 4.29. The molecule has 0 aliphatic heterocycles. The summed E-state index contributed by atoms with van der Waals surface area (Å²) in [6, 6.07) is 0. The van der Waals surface area contributed by atoms with Gasteiger partial charge in [0.05, 0.1) is 0 Å². The highest BCUT2D eigenvalue weighted by Crippen LogP contribution is 2.44. The molecule has 2 rings (SSSR count). The first-order chi connectivity index (χ1) is 7.33. The van der Waals surface area contributed by atoms with Gasteiger partial charge >= 0.3 is 0 Å². The highest BCUT2D eigenvalue weighted by molar-refractivity contribution is 4.84. The zero-order chi connectivity index (χ0) is 10.7. The molecule has 2 saturated carbocycles. The van der Waals surface area contributed by atoms with Gasteiger partial charge in [-0.05, 0) is 30.1 Å². The Balaban J connectivity index is 1.94. The van der Waals surface area contributed by atoms with Crippen LogP contribution in [0.25, 0.3) is 0 Å². The van der Waals surface area contributed by atoms with E-state index >= 15 is 0 Å². The van der Waals surface area contributed by atoms with Crippen molar-refractivity contribution in [2.45, 2.75) is 71.6 Å². The van der Waals surface area contributed by atoms with Crippen LogP contribution in [0.1, 0.15) is 71.6 Å². The van der Waals surface area contributed by atoms with Crippen molar-refractivity contribution < 1.29 is 0 Å². The summed E-state index contributed by atoms with van der Waals surface area (Å²) in [4.78, 5) is 0. The Morgan fingerprint density at radius 1 is 0.867 bits per heavy atom. The van der Waals surface area contributed by atoms with Gasteiger partial charge in [-0.2, -0.15) is 0 Å². The highest BCUT2D eigenvalue weighted by atomic mass is 14.4. The Bertz CT molecular complexity index is 176. The van der Waals surface area contributed by atoms with Crippen LogP contribution in [0.5, 0.6) is 0 Å². The van der Waals surface area contributed by atoms with Crippen molar-refractivity contribution in [1.82, 2.24) is 0 Å². The molecule has 0 radical (unpaired) electrons. The Morgan fingerprint density at radius 2 is 1.60 bits per heavy atom. The standard InChI is InChI=1S/C15H28/c1-3-13-10-7-11-15(12(13)2)14-8-5-4-6-9-14/h12-15H,3-11H2,1-2H3. The molecule has 0 heterocycles. The summed E-state index contributed by atoms with van der Waals surface area (Å²) < 4.78 is 0. The van der Waals surface area contributed by atoms with Crippen molar-refractivity contribution in [3.8, 4) is 0 Å². The molecule has 88 valence electrons. The van der Waals surface area contributed by atoms with Gasteiger partial charge in [-0.1, -0.05) is 65.2 Å². The average molecular weight is 208 g/mol. The van der Waals surface area contributed by atoms with E-state index in [1.165, 1.54) is 38.5 Å². The molecule has 0 bridgehead atoms. The lowest BCUT2D eigenvalue weighted by Crippen LogP contribution is -2.32. The lowest BCUT2D eigenvalue weighted by atomic mass is 9.64. The molecule has 0 amide bonds. The molecular formula is C15H28. The van der Waals surface area contributed by atoms with Gasteiger partial charge in [0.25, 0.3) is 0 Å². The summed E-state index contributed by atoms with van der Waals surface area (Å²) in [5, 5.41) is 0. The van der Waals surface area contributed by atoms with Crippen LogP contribution >= 0.6 is 0 Å². The molecule has 2 fully saturated rings. The lowest BCUT2D eigenvalue weighted by molar-refractivity contribution is 0.0897. The predicted octanol–water partition coefficient (Wildman–Crippen LogP) is 5.03. The lowest BCUT2D eigenvalue weighted by Gasteiger charge is -2.41. The van der Waals surface area contributed by atoms with E-state index < -0.39 is 0 Å². The molecule has 0 aromatic heterocycles. The molecule has 0 aromatic rings. The monoisotopic (exact) mass is 208 g/mol. The molecule has 3 unspecified atom stereocenters. The summed E-state index contributed by atoms with van der Waals surface area (Å²) in [5.41, 5.74) is 0. The van der Waals surface area contributed by atoms with Crippen molar-refractivity contribution in [3.63, 3.8) is 0 Å². The van der Waals surface area contributed by atoms with Crippen LogP contribution in [-0.4, -0.2) is 0 Å². The fourth-order valence-electron chi connectivity index (χ4n) is 4.29. The first-order valence-electron chi connectivity index (χ1n) is 7.33. The van der Waals surface area contributed by atoms with Crippen molar-refractivity contribution in [1.29, 1.82) is 0 Å². The van der Waals surface area contributed by atoms with Crippen molar-refractivity contribution in [3.05, 3.63) is 0 Å². The van der Waals surface area contributed by atoms with E-state index in [1.807, 2.05) is 0 Å². The van der Waals surface area contributed by atoms with Gasteiger partial charge in [0.15, 0.2) is 0 Å². The Hall–Kier alpha value is 0. The van der Waals surface area contributed by atoms with Crippen molar-refractivity contribution in [2.24, 2.45) is 23.7 Å². The molecule has 0 saturated heterocycles. The van der Waals surface area contributed by atoms with Crippen LogP contribution < -0.4 is 0 Å². The van der Waals surface area contributed by atoms with E-state index in [4.69, 9.17) is 0 Å². The average Bonchev–Trinajstić information content (AvgIpc) is 2.30. The van der Waals surface area contributed by atoms with E-state index in [1.54, 1.807) is 19.3 Å². The quantitative estimate of drug-likeness (QED) is 0.597. The normalized spacial score (nSPS) is 39.2. The van der Waals surface area contributed by atoms with Gasteiger partial charge in [0.2, 0.25) is 0 Å². The van der Waals surface area contributed by atoms with Crippen LogP contribution in [0.3, 0.4) is 0 Å². The second-order valence-corrected chi connectivity index (χ2v) is 6.02. The zero-order valence-electron chi connectivity index (χ0n) is 10.7. The fraction of sp³-hybridized carbons (Fsp3) is 1.00. The maximum atomic E-state index is 2.55. The number of hydrogen-bond acceptors (Lipinski definition) is 0. The molecule has 0 spiro atoms. The molecule has 0 nitrogen and oxygen atoms in total. The summed E-state index contributed by atoms with van der Waals surface area (Å²) in [7, 11) is 0. The topological polar surface area (TPSA) is 0 Å². The van der Waals surface area contributed by atoms with E-state index in [0.717, 1.165) is 23.7 Å². The molecule has 0 N–H and O–H groups in total. The maximum absolute atomic E-state index is 2.55. The van der Waals surface area contributed by atoms with E-state index in [0.29, 0.717) is 0 Å². The van der Waals surface area contributed by atoms with E-state index in [-0.39, 0.29) is 0 Å². The second-order valence-electron chi connectivity index (χ2n) is 6.02. The summed E-state index contributed by atoms with van der Waals surface area (Å²) in [6.07, 6.45) is 13.6. The third kappa shape index (κ3) is 2.57. The minimum Gasteiger partial charge on any atom is -0.0651 e. The smallest absolute Gasteiger partial charge is 0.0357 e. The molecule has 15 heavy (non-hydrogen) atoms. The van der Waals surface area contributed by atoms with E-state index in [9.17, 15) is 0 Å². The third-order valence-corrected chi connectivity index (χ3v) is 5.31. The van der Waals surface area contributed by atoms with Gasteiger partial charge in [-0.25, -0.2) is 0 Å². The highest BCUT2D eigenvalue weighted by Gasteiger charge is 2.34. The second kappa shape index (κ2) is 5.37. The largest absolute Gasteiger partial charge is 0.0651 e. The molecule has 0 aromatic carbocycles. The number of rotatable bonds is 2. The van der Waals surface area contributed by atoms with Crippen molar-refractivity contribution in [2.75, 3.05) is 0 Å². The van der Waals surface area contributed by atoms with Crippen LogP contribution in [0.2, 0.25) is 0 Å². The zero-order valence-corrected chi connectivity index (χ0v) is 10.7.